The molecule has 1 N–H and O–H groups in total. The number of carbonyl (C=O) groups is 2. The molecule has 0 radical (unpaired) electrons. The second-order valence-electron chi connectivity index (χ2n) is 8.89. The number of rotatable bonds is 4. The molecule has 2 fully saturated rings. The van der Waals surface area contributed by atoms with Crippen molar-refractivity contribution in [3.8, 4) is 0 Å². The molecule has 2 aliphatic rings. The van der Waals surface area contributed by atoms with E-state index >= 15 is 0 Å². The van der Waals surface area contributed by atoms with Gasteiger partial charge in [0.25, 0.3) is 11.8 Å². The number of nitrogens with zero attached hydrogens (tertiary/aromatic N) is 2. The van der Waals surface area contributed by atoms with Crippen LogP contribution in [0.1, 0.15) is 38.5 Å². The Kier molecular flexibility index (Phi) is 6.46. The number of amides is 2. The van der Waals surface area contributed by atoms with E-state index in [1.165, 1.54) is 5.56 Å². The van der Waals surface area contributed by atoms with E-state index in [2.05, 4.69) is 10.2 Å². The van der Waals surface area contributed by atoms with Gasteiger partial charge in [0.15, 0.2) is 0 Å². The SMILES string of the molecule is Cc1ccc(CNC(=O)[C@@H]2CN(C)CC3(CCN(C(=O)c4ccc(C)s4)CC3)O2)cc1. The van der Waals surface area contributed by atoms with Crippen molar-refractivity contribution >= 4 is 23.2 Å². The molecule has 0 bridgehead atoms. The lowest BCUT2D eigenvalue weighted by Gasteiger charge is -2.48. The van der Waals surface area contributed by atoms with E-state index in [-0.39, 0.29) is 17.4 Å². The predicted molar refractivity (Wildman–Crippen MR) is 122 cm³/mol. The first-order chi connectivity index (χ1) is 14.8. The van der Waals surface area contributed by atoms with Crippen LogP contribution in [0.5, 0.6) is 0 Å². The van der Waals surface area contributed by atoms with Gasteiger partial charge in [0.2, 0.25) is 0 Å². The Morgan fingerprint density at radius 1 is 1.13 bits per heavy atom. The number of likely N-dealkylation sites (N-methyl/N-ethyl adjacent to an activating group) is 1. The summed E-state index contributed by atoms with van der Waals surface area (Å²) in [6.45, 7) is 7.24. The molecule has 3 heterocycles. The first-order valence-electron chi connectivity index (χ1n) is 10.9. The number of hydrogen-bond acceptors (Lipinski definition) is 5. The van der Waals surface area contributed by atoms with Gasteiger partial charge in [0.1, 0.15) is 6.10 Å². The van der Waals surface area contributed by atoms with E-state index < -0.39 is 6.10 Å². The molecule has 2 saturated heterocycles. The van der Waals surface area contributed by atoms with Crippen molar-refractivity contribution in [2.45, 2.75) is 44.9 Å². The average molecular weight is 442 g/mol. The van der Waals surface area contributed by atoms with Gasteiger partial charge >= 0.3 is 0 Å². The van der Waals surface area contributed by atoms with Crippen LogP contribution in [0.25, 0.3) is 0 Å². The number of thiophene rings is 1. The van der Waals surface area contributed by atoms with Crippen molar-refractivity contribution in [3.05, 3.63) is 57.3 Å². The Labute approximate surface area is 188 Å². The van der Waals surface area contributed by atoms with Gasteiger partial charge in [-0.15, -0.1) is 11.3 Å². The summed E-state index contributed by atoms with van der Waals surface area (Å²) in [6.07, 6.45) is 0.996. The number of carbonyl (C=O) groups excluding carboxylic acids is 2. The topological polar surface area (TPSA) is 61.9 Å². The molecule has 1 atom stereocenters. The minimum absolute atomic E-state index is 0.0703. The number of aryl methyl sites for hydroxylation is 2. The Morgan fingerprint density at radius 3 is 2.48 bits per heavy atom. The van der Waals surface area contributed by atoms with Crippen LogP contribution in [0.2, 0.25) is 0 Å². The van der Waals surface area contributed by atoms with Crippen LogP contribution in [-0.4, -0.2) is 66.5 Å². The van der Waals surface area contributed by atoms with Crippen LogP contribution in [-0.2, 0) is 16.1 Å². The highest BCUT2D eigenvalue weighted by Gasteiger charge is 2.44. The lowest BCUT2D eigenvalue weighted by Crippen LogP contribution is -2.61. The molecule has 1 aromatic heterocycles. The zero-order valence-electron chi connectivity index (χ0n) is 18.5. The van der Waals surface area contributed by atoms with Crippen LogP contribution in [0.15, 0.2) is 36.4 Å². The van der Waals surface area contributed by atoms with Crippen LogP contribution < -0.4 is 5.32 Å². The second kappa shape index (κ2) is 9.10. The second-order valence-corrected chi connectivity index (χ2v) is 10.2. The maximum absolute atomic E-state index is 12.8. The average Bonchev–Trinajstić information content (AvgIpc) is 3.19. The molecule has 0 aliphatic carbocycles. The molecular weight excluding hydrogens is 410 g/mol. The fourth-order valence-corrected chi connectivity index (χ4v) is 5.30. The highest BCUT2D eigenvalue weighted by molar-refractivity contribution is 7.13. The lowest BCUT2D eigenvalue weighted by atomic mass is 9.88. The van der Waals surface area contributed by atoms with Gasteiger partial charge < -0.3 is 19.9 Å². The molecule has 0 saturated carbocycles. The van der Waals surface area contributed by atoms with E-state index in [0.717, 1.165) is 34.7 Å². The maximum Gasteiger partial charge on any atom is 0.263 e. The highest BCUT2D eigenvalue weighted by Crippen LogP contribution is 2.33. The lowest BCUT2D eigenvalue weighted by molar-refractivity contribution is -0.180. The molecule has 1 aromatic carbocycles. The molecule has 7 heteroatoms. The van der Waals surface area contributed by atoms with Crippen molar-refractivity contribution < 1.29 is 14.3 Å². The zero-order chi connectivity index (χ0) is 22.0. The summed E-state index contributed by atoms with van der Waals surface area (Å²) in [5.41, 5.74) is 1.91. The Bertz CT molecular complexity index is 932. The molecule has 6 nitrogen and oxygen atoms in total. The molecule has 2 aliphatic heterocycles. The fraction of sp³-hybridized carbons (Fsp3) is 0.500. The number of piperidine rings is 1. The van der Waals surface area contributed by atoms with Gasteiger partial charge in [-0.25, -0.2) is 0 Å². The largest absolute Gasteiger partial charge is 0.359 e. The third kappa shape index (κ3) is 5.17. The summed E-state index contributed by atoms with van der Waals surface area (Å²) in [5, 5.41) is 3.03. The Balaban J connectivity index is 1.34. The first-order valence-corrected chi connectivity index (χ1v) is 11.7. The number of benzene rings is 1. The van der Waals surface area contributed by atoms with Crippen molar-refractivity contribution in [1.29, 1.82) is 0 Å². The molecule has 4 rings (SSSR count). The smallest absolute Gasteiger partial charge is 0.263 e. The van der Waals surface area contributed by atoms with E-state index in [9.17, 15) is 9.59 Å². The van der Waals surface area contributed by atoms with Crippen molar-refractivity contribution in [2.24, 2.45) is 0 Å². The highest BCUT2D eigenvalue weighted by atomic mass is 32.1. The first kappa shape index (κ1) is 22.0. The van der Waals surface area contributed by atoms with E-state index in [4.69, 9.17) is 4.74 Å². The number of ether oxygens (including phenoxy) is 1. The number of nitrogens with one attached hydrogen (secondary N) is 1. The van der Waals surface area contributed by atoms with Crippen LogP contribution in [0, 0.1) is 13.8 Å². The molecule has 166 valence electrons. The number of likely N-dealkylation sites (tertiary alicyclic amines) is 1. The number of hydrogen-bond donors (Lipinski definition) is 1. The molecule has 2 amide bonds. The molecule has 31 heavy (non-hydrogen) atoms. The van der Waals surface area contributed by atoms with Crippen LogP contribution >= 0.6 is 11.3 Å². The summed E-state index contributed by atoms with van der Waals surface area (Å²) in [6, 6.07) is 12.1. The summed E-state index contributed by atoms with van der Waals surface area (Å²) >= 11 is 1.54. The standard InChI is InChI=1S/C24H31N3O3S/c1-17-4-7-19(8-5-17)14-25-22(28)20-15-26(3)16-24(30-20)10-12-27(13-11-24)23(29)21-9-6-18(2)31-21/h4-9,20H,10-16H2,1-3H3,(H,25,28)/t20-/m0/s1. The summed E-state index contributed by atoms with van der Waals surface area (Å²) in [7, 11) is 2.04. The van der Waals surface area contributed by atoms with E-state index in [1.54, 1.807) is 11.3 Å². The van der Waals surface area contributed by atoms with Crippen molar-refractivity contribution in [1.82, 2.24) is 15.1 Å². The molecule has 0 unspecified atom stereocenters. The monoisotopic (exact) mass is 441 g/mol. The normalized spacial score (nSPS) is 21.3. The minimum Gasteiger partial charge on any atom is -0.359 e. The Hall–Kier alpha value is -2.22. The zero-order valence-corrected chi connectivity index (χ0v) is 19.3. The van der Waals surface area contributed by atoms with Gasteiger partial charge in [0, 0.05) is 37.6 Å². The van der Waals surface area contributed by atoms with E-state index in [0.29, 0.717) is 26.2 Å². The third-order valence-electron chi connectivity index (χ3n) is 6.22. The van der Waals surface area contributed by atoms with Crippen LogP contribution in [0.4, 0.5) is 0 Å². The molecule has 2 aromatic rings. The Morgan fingerprint density at radius 2 is 1.84 bits per heavy atom. The number of morpholine rings is 1. The summed E-state index contributed by atoms with van der Waals surface area (Å²) in [5.74, 6) is 0.0311. The maximum atomic E-state index is 12.8. The summed E-state index contributed by atoms with van der Waals surface area (Å²) in [4.78, 5) is 31.7. The van der Waals surface area contributed by atoms with Gasteiger partial charge in [0.05, 0.1) is 10.5 Å². The van der Waals surface area contributed by atoms with Gasteiger partial charge in [-0.2, -0.15) is 0 Å². The van der Waals surface area contributed by atoms with E-state index in [1.807, 2.05) is 62.2 Å². The van der Waals surface area contributed by atoms with Gasteiger partial charge in [-0.05, 0) is 51.4 Å². The quantitative estimate of drug-likeness (QED) is 0.792. The van der Waals surface area contributed by atoms with Crippen molar-refractivity contribution in [2.75, 3.05) is 33.2 Å². The van der Waals surface area contributed by atoms with Crippen LogP contribution in [0.3, 0.4) is 0 Å². The molecular formula is C24H31N3O3S. The minimum atomic E-state index is -0.494. The summed E-state index contributed by atoms with van der Waals surface area (Å²) < 4.78 is 6.40. The fourth-order valence-electron chi connectivity index (χ4n) is 4.46. The molecule has 1 spiro atoms. The van der Waals surface area contributed by atoms with Gasteiger partial charge in [-0.1, -0.05) is 29.8 Å². The predicted octanol–water partition coefficient (Wildman–Crippen LogP) is 2.99. The van der Waals surface area contributed by atoms with Gasteiger partial charge in [-0.3, -0.25) is 9.59 Å². The third-order valence-corrected chi connectivity index (χ3v) is 7.21. The van der Waals surface area contributed by atoms with Crippen molar-refractivity contribution in [3.63, 3.8) is 0 Å².